The van der Waals surface area contributed by atoms with E-state index in [0.717, 1.165) is 27.6 Å². The fourth-order valence-corrected chi connectivity index (χ4v) is 4.17. The van der Waals surface area contributed by atoms with Crippen molar-refractivity contribution in [3.63, 3.8) is 0 Å². The number of fused-ring (bicyclic) bond motifs is 2. The molecule has 0 aromatic heterocycles. The van der Waals surface area contributed by atoms with Crippen molar-refractivity contribution in [1.82, 2.24) is 10.9 Å². The molecule has 0 atom stereocenters. The molecule has 1 aliphatic heterocycles. The summed E-state index contributed by atoms with van der Waals surface area (Å²) in [6.45, 7) is 1.87. The Hall–Kier alpha value is -3.45. The molecule has 0 spiro atoms. The van der Waals surface area contributed by atoms with Crippen LogP contribution in [0.1, 0.15) is 12.5 Å². The summed E-state index contributed by atoms with van der Waals surface area (Å²) in [6, 6.07) is 22.4. The molecule has 0 aliphatic carbocycles. The summed E-state index contributed by atoms with van der Waals surface area (Å²) in [6.07, 6.45) is 0.939. The molecule has 2 N–H and O–H groups in total. The van der Waals surface area contributed by atoms with Gasteiger partial charge in [-0.25, -0.2) is 10.2 Å². The van der Waals surface area contributed by atoms with E-state index in [1.54, 1.807) is 16.7 Å². The van der Waals surface area contributed by atoms with Crippen LogP contribution in [0.4, 0.5) is 16.2 Å². The second-order valence-corrected chi connectivity index (χ2v) is 7.72. The first-order valence-electron chi connectivity index (χ1n) is 9.62. The van der Waals surface area contributed by atoms with E-state index in [1.807, 2.05) is 72.8 Å². The fraction of sp³-hybridized carbons (Fsp3) is 0.130. The number of urea groups is 1. The average molecular weight is 420 g/mol. The number of hydrogen-bond acceptors (Lipinski definition) is 4. The van der Waals surface area contributed by atoms with Crippen LogP contribution in [0.2, 0.25) is 0 Å². The van der Waals surface area contributed by atoms with Gasteiger partial charge in [0.15, 0.2) is 6.61 Å². The second kappa shape index (κ2) is 8.92. The van der Waals surface area contributed by atoms with E-state index in [-0.39, 0.29) is 6.61 Å². The van der Waals surface area contributed by atoms with Crippen molar-refractivity contribution < 1.29 is 14.3 Å². The number of benzene rings is 3. The smallest absolute Gasteiger partial charge is 0.345 e. The summed E-state index contributed by atoms with van der Waals surface area (Å²) in [7, 11) is 0. The topological polar surface area (TPSA) is 70.7 Å². The molecule has 0 fully saturated rings. The molecular formula is C23H21N3O3S. The Morgan fingerprint density at radius 3 is 2.07 bits per heavy atom. The Kier molecular flexibility index (Phi) is 5.90. The Labute approximate surface area is 179 Å². The molecule has 4 rings (SSSR count). The molecule has 152 valence electrons. The van der Waals surface area contributed by atoms with Crippen LogP contribution >= 0.6 is 11.8 Å². The number of nitrogens with one attached hydrogen (secondary N) is 2. The molecule has 0 bridgehead atoms. The van der Waals surface area contributed by atoms with Crippen molar-refractivity contribution in [1.29, 1.82) is 0 Å². The standard InChI is InChI=1S/C23H21N3O3S/c1-2-16-11-13-17(14-12-16)29-15-22(27)24-25-23(28)26-18-7-3-5-9-20(18)30-21-10-6-4-8-19(21)26/h3-14H,2,15H2,1H3,(H,24,27)(H,25,28). The van der Waals surface area contributed by atoms with Crippen LogP contribution in [-0.2, 0) is 11.2 Å². The van der Waals surface area contributed by atoms with E-state index in [4.69, 9.17) is 4.74 Å². The van der Waals surface area contributed by atoms with Crippen LogP contribution in [-0.4, -0.2) is 18.5 Å². The van der Waals surface area contributed by atoms with E-state index in [0.29, 0.717) is 5.75 Å². The highest BCUT2D eigenvalue weighted by molar-refractivity contribution is 7.99. The normalized spacial score (nSPS) is 11.8. The number of carbonyl (C=O) groups excluding carboxylic acids is 2. The molecule has 3 amide bonds. The lowest BCUT2D eigenvalue weighted by atomic mass is 10.2. The summed E-state index contributed by atoms with van der Waals surface area (Å²) in [5.74, 6) is 0.153. The Bertz CT molecular complexity index is 1020. The van der Waals surface area contributed by atoms with Crippen LogP contribution < -0.4 is 20.5 Å². The van der Waals surface area contributed by atoms with Gasteiger partial charge in [0.25, 0.3) is 5.91 Å². The van der Waals surface area contributed by atoms with Crippen molar-refractivity contribution in [3.05, 3.63) is 78.4 Å². The number of amides is 3. The molecule has 1 aliphatic rings. The number of para-hydroxylation sites is 2. The first-order chi connectivity index (χ1) is 14.7. The lowest BCUT2D eigenvalue weighted by molar-refractivity contribution is -0.123. The van der Waals surface area contributed by atoms with E-state index in [2.05, 4.69) is 17.8 Å². The zero-order valence-electron chi connectivity index (χ0n) is 16.4. The van der Waals surface area contributed by atoms with E-state index in [1.165, 1.54) is 5.56 Å². The SMILES string of the molecule is CCc1ccc(OCC(=O)NNC(=O)N2c3ccccc3Sc3ccccc32)cc1. The minimum Gasteiger partial charge on any atom is -0.484 e. The van der Waals surface area contributed by atoms with Gasteiger partial charge < -0.3 is 4.74 Å². The minimum absolute atomic E-state index is 0.200. The van der Waals surface area contributed by atoms with Gasteiger partial charge in [-0.05, 0) is 48.4 Å². The lowest BCUT2D eigenvalue weighted by Crippen LogP contribution is -2.49. The number of anilines is 2. The summed E-state index contributed by atoms with van der Waals surface area (Å²) in [4.78, 5) is 28.6. The van der Waals surface area contributed by atoms with Crippen LogP contribution in [0.25, 0.3) is 0 Å². The number of carbonyl (C=O) groups is 2. The van der Waals surface area contributed by atoms with E-state index in [9.17, 15) is 9.59 Å². The van der Waals surface area contributed by atoms with Crippen molar-refractivity contribution in [2.24, 2.45) is 0 Å². The number of rotatable bonds is 4. The Morgan fingerprint density at radius 2 is 1.47 bits per heavy atom. The highest BCUT2D eigenvalue weighted by Crippen LogP contribution is 2.47. The van der Waals surface area contributed by atoms with E-state index < -0.39 is 11.9 Å². The van der Waals surface area contributed by atoms with Crippen molar-refractivity contribution >= 4 is 35.1 Å². The largest absolute Gasteiger partial charge is 0.484 e. The summed E-state index contributed by atoms with van der Waals surface area (Å²) in [5.41, 5.74) is 7.63. The quantitative estimate of drug-likeness (QED) is 0.603. The van der Waals surface area contributed by atoms with Gasteiger partial charge in [0.05, 0.1) is 11.4 Å². The monoisotopic (exact) mass is 419 g/mol. The minimum atomic E-state index is -0.448. The van der Waals surface area contributed by atoms with Gasteiger partial charge >= 0.3 is 6.03 Å². The van der Waals surface area contributed by atoms with Gasteiger partial charge in [0.2, 0.25) is 0 Å². The number of aryl methyl sites for hydroxylation is 1. The molecule has 3 aromatic rings. The second-order valence-electron chi connectivity index (χ2n) is 6.64. The van der Waals surface area contributed by atoms with Crippen molar-refractivity contribution in [3.8, 4) is 5.75 Å². The van der Waals surface area contributed by atoms with Crippen LogP contribution in [0.15, 0.2) is 82.6 Å². The predicted octanol–water partition coefficient (Wildman–Crippen LogP) is 4.67. The van der Waals surface area contributed by atoms with Gasteiger partial charge in [-0.3, -0.25) is 15.1 Å². The molecule has 1 heterocycles. The van der Waals surface area contributed by atoms with E-state index >= 15 is 0 Å². The fourth-order valence-electron chi connectivity index (χ4n) is 3.11. The first kappa shape index (κ1) is 19.8. The Balaban J connectivity index is 1.40. The highest BCUT2D eigenvalue weighted by Gasteiger charge is 2.28. The van der Waals surface area contributed by atoms with Gasteiger partial charge in [-0.1, -0.05) is 55.1 Å². The van der Waals surface area contributed by atoms with Crippen molar-refractivity contribution in [2.75, 3.05) is 11.5 Å². The summed E-state index contributed by atoms with van der Waals surface area (Å²) < 4.78 is 5.48. The molecule has 3 aromatic carbocycles. The molecule has 0 radical (unpaired) electrons. The highest BCUT2D eigenvalue weighted by atomic mass is 32.2. The number of nitrogens with zero attached hydrogens (tertiary/aromatic N) is 1. The van der Waals surface area contributed by atoms with Crippen LogP contribution in [0, 0.1) is 0 Å². The van der Waals surface area contributed by atoms with Crippen LogP contribution in [0.3, 0.4) is 0 Å². The number of ether oxygens (including phenoxy) is 1. The number of hydrogen-bond donors (Lipinski definition) is 2. The molecule has 7 heteroatoms. The summed E-state index contributed by atoms with van der Waals surface area (Å²) in [5, 5.41) is 0. The average Bonchev–Trinajstić information content (AvgIpc) is 2.79. The first-order valence-corrected chi connectivity index (χ1v) is 10.4. The maximum atomic E-state index is 12.9. The zero-order chi connectivity index (χ0) is 20.9. The maximum Gasteiger partial charge on any atom is 0.345 e. The molecule has 0 saturated carbocycles. The molecular weight excluding hydrogens is 398 g/mol. The van der Waals surface area contributed by atoms with Gasteiger partial charge in [-0.2, -0.15) is 0 Å². The van der Waals surface area contributed by atoms with Gasteiger partial charge in [0.1, 0.15) is 5.75 Å². The molecule has 30 heavy (non-hydrogen) atoms. The number of hydrazine groups is 1. The summed E-state index contributed by atoms with van der Waals surface area (Å²) >= 11 is 1.61. The molecule has 6 nitrogen and oxygen atoms in total. The van der Waals surface area contributed by atoms with Gasteiger partial charge in [-0.15, -0.1) is 0 Å². The molecule has 0 unspecified atom stereocenters. The third-order valence-electron chi connectivity index (χ3n) is 4.65. The van der Waals surface area contributed by atoms with Crippen LogP contribution in [0.5, 0.6) is 5.75 Å². The zero-order valence-corrected chi connectivity index (χ0v) is 17.2. The maximum absolute atomic E-state index is 12.9. The third-order valence-corrected chi connectivity index (χ3v) is 5.78. The third kappa shape index (κ3) is 4.26. The van der Waals surface area contributed by atoms with Gasteiger partial charge in [0, 0.05) is 9.79 Å². The Morgan fingerprint density at radius 1 is 0.867 bits per heavy atom. The lowest BCUT2D eigenvalue weighted by Gasteiger charge is -2.30. The molecule has 0 saturated heterocycles. The van der Waals surface area contributed by atoms with Crippen molar-refractivity contribution in [2.45, 2.75) is 23.1 Å². The predicted molar refractivity (Wildman–Crippen MR) is 117 cm³/mol.